The van der Waals surface area contributed by atoms with Crippen molar-refractivity contribution in [2.75, 3.05) is 13.1 Å². The Labute approximate surface area is 136 Å². The van der Waals surface area contributed by atoms with Crippen molar-refractivity contribution in [1.82, 2.24) is 14.7 Å². The maximum atomic E-state index is 12.8. The highest BCUT2D eigenvalue weighted by atomic mass is 16.4. The van der Waals surface area contributed by atoms with Gasteiger partial charge in [0.15, 0.2) is 0 Å². The van der Waals surface area contributed by atoms with E-state index in [-0.39, 0.29) is 34.3 Å². The molecule has 0 unspecified atom stereocenters. The Morgan fingerprint density at radius 2 is 1.74 bits per heavy atom. The molecule has 1 saturated heterocycles. The average Bonchev–Trinajstić information content (AvgIpc) is 2.87. The van der Waals surface area contributed by atoms with Crippen LogP contribution in [0.25, 0.3) is 0 Å². The fraction of sp³-hybridized carbons (Fsp3) is 0.706. The van der Waals surface area contributed by atoms with Gasteiger partial charge in [0, 0.05) is 25.2 Å². The number of carboxylic acids is 1. The first kappa shape index (κ1) is 16.0. The number of rotatable bonds is 3. The second kappa shape index (κ2) is 5.08. The Morgan fingerprint density at radius 3 is 2.17 bits per heavy atom. The standard InChI is InChI=1S/C17H25N3O3/c1-16(2)13(17(16,3)4)14(21)19-7-5-12(6-8-19)20-10-11(9-18-20)15(22)23/h9-10,12-13H,5-8H2,1-4H3,(H,22,23). The van der Waals surface area contributed by atoms with Crippen LogP contribution in [-0.2, 0) is 4.79 Å². The maximum Gasteiger partial charge on any atom is 0.338 e. The lowest BCUT2D eigenvalue weighted by Crippen LogP contribution is -2.41. The van der Waals surface area contributed by atoms with Gasteiger partial charge in [-0.05, 0) is 23.7 Å². The van der Waals surface area contributed by atoms with E-state index in [0.717, 1.165) is 12.8 Å². The summed E-state index contributed by atoms with van der Waals surface area (Å²) >= 11 is 0. The third kappa shape index (κ3) is 2.44. The number of hydrogen-bond donors (Lipinski definition) is 1. The molecule has 1 N–H and O–H groups in total. The molecule has 1 aliphatic heterocycles. The third-order valence-corrected chi connectivity index (χ3v) is 6.27. The molecule has 1 aromatic rings. The quantitative estimate of drug-likeness (QED) is 0.928. The number of aromatic nitrogens is 2. The van der Waals surface area contributed by atoms with Crippen LogP contribution in [0.15, 0.2) is 12.4 Å². The fourth-order valence-electron chi connectivity index (χ4n) is 4.00. The minimum absolute atomic E-state index is 0.0688. The van der Waals surface area contributed by atoms with Gasteiger partial charge in [-0.2, -0.15) is 5.10 Å². The zero-order valence-electron chi connectivity index (χ0n) is 14.2. The van der Waals surface area contributed by atoms with Crippen molar-refractivity contribution in [3.63, 3.8) is 0 Å². The first-order valence-electron chi connectivity index (χ1n) is 8.22. The smallest absolute Gasteiger partial charge is 0.338 e. The van der Waals surface area contributed by atoms with Gasteiger partial charge in [0.2, 0.25) is 5.91 Å². The monoisotopic (exact) mass is 319 g/mol. The predicted molar refractivity (Wildman–Crippen MR) is 85.1 cm³/mol. The van der Waals surface area contributed by atoms with E-state index < -0.39 is 5.97 Å². The number of amides is 1. The second-order valence-electron chi connectivity index (χ2n) is 7.95. The van der Waals surface area contributed by atoms with Gasteiger partial charge in [-0.3, -0.25) is 9.48 Å². The SMILES string of the molecule is CC1(C)C(C(=O)N2CCC(n3cc(C(=O)O)cn3)CC2)C1(C)C. The Morgan fingerprint density at radius 1 is 1.17 bits per heavy atom. The van der Waals surface area contributed by atoms with Crippen LogP contribution in [-0.4, -0.2) is 44.8 Å². The molecule has 0 bridgehead atoms. The normalized spacial score (nSPS) is 23.7. The van der Waals surface area contributed by atoms with Gasteiger partial charge in [-0.15, -0.1) is 0 Å². The summed E-state index contributed by atoms with van der Waals surface area (Å²) in [6.07, 6.45) is 4.60. The Hall–Kier alpha value is -1.85. The van der Waals surface area contributed by atoms with Crippen molar-refractivity contribution in [1.29, 1.82) is 0 Å². The predicted octanol–water partition coefficient (Wildman–Crippen LogP) is 2.43. The summed E-state index contributed by atoms with van der Waals surface area (Å²) in [4.78, 5) is 25.7. The Balaban J connectivity index is 1.60. The first-order chi connectivity index (χ1) is 10.7. The Bertz CT molecular complexity index is 625. The molecular formula is C17H25N3O3. The lowest BCUT2D eigenvalue weighted by molar-refractivity contribution is -0.135. The molecule has 0 aromatic carbocycles. The molecule has 6 heteroatoms. The molecule has 1 amide bonds. The molecule has 6 nitrogen and oxygen atoms in total. The molecule has 1 aromatic heterocycles. The highest BCUT2D eigenvalue weighted by Crippen LogP contribution is 2.68. The Kier molecular flexibility index (Phi) is 3.54. The van der Waals surface area contributed by atoms with Crippen molar-refractivity contribution in [2.45, 2.75) is 46.6 Å². The molecule has 0 spiro atoms. The summed E-state index contributed by atoms with van der Waals surface area (Å²) < 4.78 is 1.73. The van der Waals surface area contributed by atoms with Crippen LogP contribution >= 0.6 is 0 Å². The van der Waals surface area contributed by atoms with Crippen molar-refractivity contribution in [3.05, 3.63) is 18.0 Å². The molecule has 1 aliphatic carbocycles. The number of hydrogen-bond acceptors (Lipinski definition) is 3. The van der Waals surface area contributed by atoms with Gasteiger partial charge >= 0.3 is 5.97 Å². The van der Waals surface area contributed by atoms with Crippen LogP contribution in [0, 0.1) is 16.7 Å². The number of carbonyl (C=O) groups excluding carboxylic acids is 1. The van der Waals surface area contributed by atoms with Crippen molar-refractivity contribution in [3.8, 4) is 0 Å². The molecule has 1 saturated carbocycles. The van der Waals surface area contributed by atoms with Crippen molar-refractivity contribution in [2.24, 2.45) is 16.7 Å². The van der Waals surface area contributed by atoms with E-state index in [1.165, 1.54) is 6.20 Å². The molecule has 126 valence electrons. The zero-order valence-corrected chi connectivity index (χ0v) is 14.2. The van der Waals surface area contributed by atoms with E-state index >= 15 is 0 Å². The number of likely N-dealkylation sites (tertiary alicyclic amines) is 1. The summed E-state index contributed by atoms with van der Waals surface area (Å²) in [5.41, 5.74) is 0.350. The van der Waals surface area contributed by atoms with E-state index in [9.17, 15) is 9.59 Å². The number of carbonyl (C=O) groups is 2. The summed E-state index contributed by atoms with van der Waals surface area (Å²) in [6.45, 7) is 10.1. The topological polar surface area (TPSA) is 75.4 Å². The fourth-order valence-corrected chi connectivity index (χ4v) is 4.00. The summed E-state index contributed by atoms with van der Waals surface area (Å²) in [7, 11) is 0. The zero-order chi connectivity index (χ0) is 17.0. The number of carboxylic acid groups (broad SMARTS) is 1. The molecule has 2 heterocycles. The van der Waals surface area contributed by atoms with Gasteiger partial charge in [0.05, 0.1) is 17.8 Å². The van der Waals surface area contributed by atoms with Gasteiger partial charge < -0.3 is 10.0 Å². The molecule has 2 fully saturated rings. The lowest BCUT2D eigenvalue weighted by atomic mass is 10.0. The summed E-state index contributed by atoms with van der Waals surface area (Å²) in [6, 6.07) is 0.173. The molecule has 2 aliphatic rings. The lowest BCUT2D eigenvalue weighted by Gasteiger charge is -2.32. The second-order valence-corrected chi connectivity index (χ2v) is 7.95. The van der Waals surface area contributed by atoms with E-state index in [2.05, 4.69) is 32.8 Å². The van der Waals surface area contributed by atoms with Crippen LogP contribution in [0.1, 0.15) is 56.9 Å². The van der Waals surface area contributed by atoms with E-state index in [0.29, 0.717) is 13.1 Å². The van der Waals surface area contributed by atoms with E-state index in [4.69, 9.17) is 5.11 Å². The number of nitrogens with zero attached hydrogens (tertiary/aromatic N) is 3. The first-order valence-corrected chi connectivity index (χ1v) is 8.22. The van der Waals surface area contributed by atoms with Crippen LogP contribution in [0.2, 0.25) is 0 Å². The van der Waals surface area contributed by atoms with E-state index in [1.807, 2.05) is 4.90 Å². The van der Waals surface area contributed by atoms with Gasteiger partial charge in [-0.25, -0.2) is 4.79 Å². The number of aromatic carboxylic acids is 1. The van der Waals surface area contributed by atoms with E-state index in [1.54, 1.807) is 10.9 Å². The van der Waals surface area contributed by atoms with Crippen LogP contribution in [0.5, 0.6) is 0 Å². The summed E-state index contributed by atoms with van der Waals surface area (Å²) in [5.74, 6) is -0.581. The van der Waals surface area contributed by atoms with Crippen molar-refractivity contribution >= 4 is 11.9 Å². The third-order valence-electron chi connectivity index (χ3n) is 6.27. The minimum atomic E-state index is -0.956. The van der Waals surface area contributed by atoms with Gasteiger partial charge in [-0.1, -0.05) is 27.7 Å². The molecular weight excluding hydrogens is 294 g/mol. The minimum Gasteiger partial charge on any atom is -0.478 e. The highest BCUT2D eigenvalue weighted by Gasteiger charge is 2.68. The molecule has 23 heavy (non-hydrogen) atoms. The van der Waals surface area contributed by atoms with Crippen LogP contribution < -0.4 is 0 Å². The largest absolute Gasteiger partial charge is 0.478 e. The highest BCUT2D eigenvalue weighted by molar-refractivity contribution is 5.86. The van der Waals surface area contributed by atoms with Crippen molar-refractivity contribution < 1.29 is 14.7 Å². The average molecular weight is 319 g/mol. The van der Waals surface area contributed by atoms with Crippen LogP contribution in [0.4, 0.5) is 0 Å². The molecule has 0 atom stereocenters. The maximum absolute atomic E-state index is 12.8. The van der Waals surface area contributed by atoms with Gasteiger partial charge in [0.25, 0.3) is 0 Å². The number of piperidine rings is 1. The molecule has 3 rings (SSSR count). The molecule has 0 radical (unpaired) electrons. The van der Waals surface area contributed by atoms with Gasteiger partial charge in [0.1, 0.15) is 0 Å². The summed E-state index contributed by atoms with van der Waals surface area (Å²) in [5, 5.41) is 13.1. The van der Waals surface area contributed by atoms with Crippen LogP contribution in [0.3, 0.4) is 0 Å².